The predicted molar refractivity (Wildman–Crippen MR) is 70.6 cm³/mol. The van der Waals surface area contributed by atoms with Crippen molar-refractivity contribution in [1.29, 1.82) is 0 Å². The summed E-state index contributed by atoms with van der Waals surface area (Å²) in [6, 6.07) is 6.05. The van der Waals surface area contributed by atoms with Gasteiger partial charge >= 0.3 is 5.91 Å². The molecule has 3 rings (SSSR count). The standard InChI is InChI=1S/C14H14FN3O2/c15-12-6-3-7-13(16-12)17-18-14(19)11-8-9-4-1-2-5-10(9)20-11/h3,6-8H,1-2,4-5H2,(H,16,17)(H,18,19). The number of hydrogen-bond donors (Lipinski definition) is 2. The number of hydrogen-bond acceptors (Lipinski definition) is 4. The number of aromatic nitrogens is 1. The molecule has 1 aliphatic rings. The average molecular weight is 275 g/mol. The highest BCUT2D eigenvalue weighted by Gasteiger charge is 2.18. The summed E-state index contributed by atoms with van der Waals surface area (Å²) in [6.07, 6.45) is 4.04. The number of nitrogens with zero attached hydrogens (tertiary/aromatic N) is 1. The van der Waals surface area contributed by atoms with Gasteiger partial charge in [0.15, 0.2) is 5.76 Å². The monoisotopic (exact) mass is 275 g/mol. The smallest absolute Gasteiger partial charge is 0.305 e. The SMILES string of the molecule is O=C(NNc1cccc(F)n1)c1cc2c(o1)CCCC2. The third-order valence-electron chi connectivity index (χ3n) is 3.24. The van der Waals surface area contributed by atoms with Gasteiger partial charge in [0.1, 0.15) is 11.6 Å². The number of fused-ring (bicyclic) bond motifs is 1. The van der Waals surface area contributed by atoms with E-state index in [9.17, 15) is 9.18 Å². The van der Waals surface area contributed by atoms with Crippen molar-refractivity contribution in [3.05, 3.63) is 47.3 Å². The molecule has 0 bridgehead atoms. The van der Waals surface area contributed by atoms with Gasteiger partial charge in [0.25, 0.3) is 0 Å². The van der Waals surface area contributed by atoms with Crippen molar-refractivity contribution in [3.8, 4) is 0 Å². The molecular formula is C14H14FN3O2. The number of anilines is 1. The number of hydrazine groups is 1. The predicted octanol–water partition coefficient (Wildman–Crippen LogP) is 2.45. The van der Waals surface area contributed by atoms with Crippen molar-refractivity contribution in [2.75, 3.05) is 5.43 Å². The first kappa shape index (κ1) is 12.7. The zero-order chi connectivity index (χ0) is 13.9. The van der Waals surface area contributed by atoms with E-state index in [1.807, 2.05) is 0 Å². The van der Waals surface area contributed by atoms with Crippen LogP contribution in [0.4, 0.5) is 10.2 Å². The molecule has 0 radical (unpaired) electrons. The van der Waals surface area contributed by atoms with E-state index in [1.54, 1.807) is 12.1 Å². The van der Waals surface area contributed by atoms with Gasteiger partial charge in [-0.15, -0.1) is 0 Å². The van der Waals surface area contributed by atoms with Crippen LogP contribution in [0.5, 0.6) is 0 Å². The largest absolute Gasteiger partial charge is 0.456 e. The van der Waals surface area contributed by atoms with Crippen molar-refractivity contribution in [2.24, 2.45) is 0 Å². The Balaban J connectivity index is 1.66. The van der Waals surface area contributed by atoms with Crippen LogP contribution in [0.1, 0.15) is 34.7 Å². The van der Waals surface area contributed by atoms with Crippen molar-refractivity contribution in [2.45, 2.75) is 25.7 Å². The molecule has 0 aliphatic heterocycles. The second kappa shape index (κ2) is 5.32. The highest BCUT2D eigenvalue weighted by Crippen LogP contribution is 2.24. The van der Waals surface area contributed by atoms with Gasteiger partial charge in [-0.25, -0.2) is 4.98 Å². The maximum Gasteiger partial charge on any atom is 0.305 e. The van der Waals surface area contributed by atoms with Gasteiger partial charge in [-0.2, -0.15) is 4.39 Å². The van der Waals surface area contributed by atoms with Crippen molar-refractivity contribution in [1.82, 2.24) is 10.4 Å². The fourth-order valence-corrected chi connectivity index (χ4v) is 2.26. The minimum Gasteiger partial charge on any atom is -0.456 e. The van der Waals surface area contributed by atoms with E-state index in [2.05, 4.69) is 15.8 Å². The number of carbonyl (C=O) groups excluding carboxylic acids is 1. The van der Waals surface area contributed by atoms with E-state index in [0.29, 0.717) is 0 Å². The molecule has 2 aromatic heterocycles. The Kier molecular flexibility index (Phi) is 3.37. The Morgan fingerprint density at radius 1 is 1.30 bits per heavy atom. The van der Waals surface area contributed by atoms with Crippen LogP contribution in [-0.4, -0.2) is 10.9 Å². The first-order valence-electron chi connectivity index (χ1n) is 6.53. The molecule has 1 amide bonds. The molecule has 2 aromatic rings. The maximum absolute atomic E-state index is 12.9. The number of halogens is 1. The quantitative estimate of drug-likeness (QED) is 0.667. The van der Waals surface area contributed by atoms with E-state index in [4.69, 9.17) is 4.42 Å². The van der Waals surface area contributed by atoms with Crippen LogP contribution in [0, 0.1) is 5.95 Å². The Labute approximate surface area is 115 Å². The van der Waals surface area contributed by atoms with Gasteiger partial charge in [0.2, 0.25) is 5.95 Å². The molecule has 0 fully saturated rings. The van der Waals surface area contributed by atoms with Gasteiger partial charge in [0.05, 0.1) is 0 Å². The lowest BCUT2D eigenvalue weighted by atomic mass is 9.99. The minimum atomic E-state index is -0.613. The molecule has 0 unspecified atom stereocenters. The van der Waals surface area contributed by atoms with E-state index < -0.39 is 11.9 Å². The van der Waals surface area contributed by atoms with Crippen LogP contribution in [0.3, 0.4) is 0 Å². The summed E-state index contributed by atoms with van der Waals surface area (Å²) in [5, 5.41) is 0. The van der Waals surface area contributed by atoms with Crippen LogP contribution < -0.4 is 10.9 Å². The lowest BCUT2D eigenvalue weighted by molar-refractivity contribution is 0.0933. The van der Waals surface area contributed by atoms with E-state index in [-0.39, 0.29) is 11.6 Å². The summed E-state index contributed by atoms with van der Waals surface area (Å²) >= 11 is 0. The van der Waals surface area contributed by atoms with Crippen molar-refractivity contribution < 1.29 is 13.6 Å². The van der Waals surface area contributed by atoms with E-state index in [1.165, 1.54) is 12.1 Å². The summed E-state index contributed by atoms with van der Waals surface area (Å²) in [6.45, 7) is 0. The molecule has 0 saturated heterocycles. The summed E-state index contributed by atoms with van der Waals surface area (Å²) in [4.78, 5) is 15.5. The van der Waals surface area contributed by atoms with Gasteiger partial charge in [-0.3, -0.25) is 15.6 Å². The topological polar surface area (TPSA) is 67.2 Å². The second-order valence-corrected chi connectivity index (χ2v) is 4.69. The summed E-state index contributed by atoms with van der Waals surface area (Å²) in [5.74, 6) is 0.379. The summed E-state index contributed by atoms with van der Waals surface area (Å²) < 4.78 is 18.4. The van der Waals surface area contributed by atoms with E-state index >= 15 is 0 Å². The summed E-state index contributed by atoms with van der Waals surface area (Å²) in [7, 11) is 0. The number of furan rings is 1. The van der Waals surface area contributed by atoms with Crippen LogP contribution in [0.2, 0.25) is 0 Å². The average Bonchev–Trinajstić information content (AvgIpc) is 2.89. The molecule has 0 aromatic carbocycles. The van der Waals surface area contributed by atoms with Crippen molar-refractivity contribution in [3.63, 3.8) is 0 Å². The highest BCUT2D eigenvalue weighted by atomic mass is 19.1. The minimum absolute atomic E-state index is 0.231. The van der Waals surface area contributed by atoms with Gasteiger partial charge in [-0.05, 0) is 43.0 Å². The Hall–Kier alpha value is -2.37. The zero-order valence-electron chi connectivity index (χ0n) is 10.8. The molecule has 0 spiro atoms. The third-order valence-corrected chi connectivity index (χ3v) is 3.24. The Morgan fingerprint density at radius 2 is 2.15 bits per heavy atom. The number of nitrogens with one attached hydrogen (secondary N) is 2. The second-order valence-electron chi connectivity index (χ2n) is 4.69. The number of pyridine rings is 1. The number of rotatable bonds is 3. The van der Waals surface area contributed by atoms with E-state index in [0.717, 1.165) is 37.0 Å². The van der Waals surface area contributed by atoms with Crippen LogP contribution in [0.15, 0.2) is 28.7 Å². The molecule has 2 heterocycles. The van der Waals surface area contributed by atoms with Gasteiger partial charge in [-0.1, -0.05) is 6.07 Å². The molecular weight excluding hydrogens is 261 g/mol. The lowest BCUT2D eigenvalue weighted by Crippen LogP contribution is -2.29. The number of aryl methyl sites for hydroxylation is 2. The normalized spacial score (nSPS) is 13.7. The molecule has 104 valence electrons. The van der Waals surface area contributed by atoms with Gasteiger partial charge in [0, 0.05) is 6.42 Å². The fraction of sp³-hybridized carbons (Fsp3) is 0.286. The summed E-state index contributed by atoms with van der Waals surface area (Å²) in [5.41, 5.74) is 6.10. The molecule has 2 N–H and O–H groups in total. The third kappa shape index (κ3) is 2.64. The number of amides is 1. The number of carbonyl (C=O) groups is 1. The molecule has 0 saturated carbocycles. The van der Waals surface area contributed by atoms with Crippen molar-refractivity contribution >= 4 is 11.7 Å². The van der Waals surface area contributed by atoms with Crippen LogP contribution in [-0.2, 0) is 12.8 Å². The molecule has 1 aliphatic carbocycles. The highest BCUT2D eigenvalue weighted by molar-refractivity contribution is 5.92. The molecule has 0 atom stereocenters. The first-order valence-corrected chi connectivity index (χ1v) is 6.53. The first-order chi connectivity index (χ1) is 9.72. The van der Waals surface area contributed by atoms with Crippen LogP contribution in [0.25, 0.3) is 0 Å². The maximum atomic E-state index is 12.9. The zero-order valence-corrected chi connectivity index (χ0v) is 10.8. The Bertz CT molecular complexity index is 616. The molecule has 20 heavy (non-hydrogen) atoms. The van der Waals surface area contributed by atoms with Crippen LogP contribution >= 0.6 is 0 Å². The molecule has 6 heteroatoms. The molecule has 5 nitrogen and oxygen atoms in total. The fourth-order valence-electron chi connectivity index (χ4n) is 2.26. The van der Waals surface area contributed by atoms with Gasteiger partial charge < -0.3 is 4.42 Å². The Morgan fingerprint density at radius 3 is 2.95 bits per heavy atom. The lowest BCUT2D eigenvalue weighted by Gasteiger charge is -2.07.